The summed E-state index contributed by atoms with van der Waals surface area (Å²) in [6.07, 6.45) is 2.78. The minimum absolute atomic E-state index is 0.909. The molecule has 1 fully saturated rings. The standard InChI is InChI=1S/C16H18N2/c1-2-4-15(5-3-1)18-16-10-8-14(9-11-16)17-12-13-6-7-13/h1-5,8-11,13,17-18H,6-7,12H2. The first-order valence-corrected chi connectivity index (χ1v) is 6.56. The molecule has 2 heteroatoms. The van der Waals surface area contributed by atoms with Crippen LogP contribution in [0.25, 0.3) is 0 Å². The Bertz CT molecular complexity index is 486. The molecule has 1 aliphatic carbocycles. The van der Waals surface area contributed by atoms with Crippen molar-refractivity contribution in [1.29, 1.82) is 0 Å². The van der Waals surface area contributed by atoms with Crippen LogP contribution in [-0.4, -0.2) is 6.54 Å². The average Bonchev–Trinajstić information content (AvgIpc) is 3.23. The summed E-state index contributed by atoms with van der Waals surface area (Å²) in [7, 11) is 0. The van der Waals surface area contributed by atoms with E-state index < -0.39 is 0 Å². The molecule has 1 saturated carbocycles. The Morgan fingerprint density at radius 2 is 1.39 bits per heavy atom. The van der Waals surface area contributed by atoms with Crippen LogP contribution in [0.1, 0.15) is 12.8 Å². The van der Waals surface area contributed by atoms with E-state index in [0.29, 0.717) is 0 Å². The first kappa shape index (κ1) is 11.1. The zero-order valence-corrected chi connectivity index (χ0v) is 10.4. The van der Waals surface area contributed by atoms with Gasteiger partial charge in [-0.05, 0) is 55.2 Å². The van der Waals surface area contributed by atoms with Crippen molar-refractivity contribution in [3.05, 3.63) is 54.6 Å². The normalized spacial score (nSPS) is 14.2. The zero-order valence-electron chi connectivity index (χ0n) is 10.4. The van der Waals surface area contributed by atoms with E-state index in [9.17, 15) is 0 Å². The van der Waals surface area contributed by atoms with Gasteiger partial charge in [0.15, 0.2) is 0 Å². The zero-order chi connectivity index (χ0) is 12.2. The molecule has 0 spiro atoms. The third kappa shape index (κ3) is 3.04. The Morgan fingerprint density at radius 1 is 0.778 bits per heavy atom. The maximum atomic E-state index is 3.47. The summed E-state index contributed by atoms with van der Waals surface area (Å²) in [6.45, 7) is 1.12. The fraction of sp³-hybridized carbons (Fsp3) is 0.250. The van der Waals surface area contributed by atoms with E-state index in [1.807, 2.05) is 18.2 Å². The summed E-state index contributed by atoms with van der Waals surface area (Å²) in [4.78, 5) is 0. The Balaban J connectivity index is 1.59. The third-order valence-corrected chi connectivity index (χ3v) is 3.24. The van der Waals surface area contributed by atoms with E-state index in [0.717, 1.165) is 23.8 Å². The first-order chi connectivity index (χ1) is 8.90. The minimum atomic E-state index is 0.909. The molecule has 2 aromatic carbocycles. The first-order valence-electron chi connectivity index (χ1n) is 6.56. The monoisotopic (exact) mass is 238 g/mol. The number of rotatable bonds is 5. The van der Waals surface area contributed by atoms with Gasteiger partial charge in [0.05, 0.1) is 0 Å². The Kier molecular flexibility index (Phi) is 3.18. The van der Waals surface area contributed by atoms with E-state index >= 15 is 0 Å². The van der Waals surface area contributed by atoms with Crippen LogP contribution in [0, 0.1) is 5.92 Å². The van der Waals surface area contributed by atoms with Gasteiger partial charge in [-0.25, -0.2) is 0 Å². The Morgan fingerprint density at radius 3 is 2.06 bits per heavy atom. The van der Waals surface area contributed by atoms with Gasteiger partial charge in [0.25, 0.3) is 0 Å². The largest absolute Gasteiger partial charge is 0.385 e. The molecule has 0 heterocycles. The molecule has 18 heavy (non-hydrogen) atoms. The highest BCUT2D eigenvalue weighted by atomic mass is 14.9. The highest BCUT2D eigenvalue weighted by molar-refractivity contribution is 5.62. The summed E-state index contributed by atoms with van der Waals surface area (Å²) >= 11 is 0. The molecule has 92 valence electrons. The van der Waals surface area contributed by atoms with Gasteiger partial charge in [0.2, 0.25) is 0 Å². The number of anilines is 3. The van der Waals surface area contributed by atoms with Crippen molar-refractivity contribution >= 4 is 17.1 Å². The molecule has 2 aromatic rings. The van der Waals surface area contributed by atoms with Gasteiger partial charge in [-0.15, -0.1) is 0 Å². The molecule has 1 aliphatic rings. The van der Waals surface area contributed by atoms with Gasteiger partial charge < -0.3 is 10.6 Å². The lowest BCUT2D eigenvalue weighted by molar-refractivity contribution is 0.889. The number of hydrogen-bond acceptors (Lipinski definition) is 2. The lowest BCUT2D eigenvalue weighted by Crippen LogP contribution is -2.02. The third-order valence-electron chi connectivity index (χ3n) is 3.24. The van der Waals surface area contributed by atoms with E-state index in [2.05, 4.69) is 47.0 Å². The van der Waals surface area contributed by atoms with Crippen molar-refractivity contribution in [2.24, 2.45) is 5.92 Å². The van der Waals surface area contributed by atoms with Gasteiger partial charge in [-0.1, -0.05) is 18.2 Å². The molecule has 0 amide bonds. The molecule has 0 aliphatic heterocycles. The highest BCUT2D eigenvalue weighted by Crippen LogP contribution is 2.29. The average molecular weight is 238 g/mol. The molecule has 0 bridgehead atoms. The van der Waals surface area contributed by atoms with Crippen LogP contribution < -0.4 is 10.6 Å². The van der Waals surface area contributed by atoms with E-state index in [1.165, 1.54) is 18.5 Å². The van der Waals surface area contributed by atoms with Crippen LogP contribution >= 0.6 is 0 Å². The fourth-order valence-electron chi connectivity index (χ4n) is 1.94. The molecule has 0 unspecified atom stereocenters. The van der Waals surface area contributed by atoms with Gasteiger partial charge in [-0.2, -0.15) is 0 Å². The van der Waals surface area contributed by atoms with Crippen LogP contribution in [0.3, 0.4) is 0 Å². The summed E-state index contributed by atoms with van der Waals surface area (Å²) in [5.41, 5.74) is 3.45. The second-order valence-electron chi connectivity index (χ2n) is 4.89. The maximum absolute atomic E-state index is 3.47. The van der Waals surface area contributed by atoms with Crippen molar-refractivity contribution in [2.45, 2.75) is 12.8 Å². The van der Waals surface area contributed by atoms with Gasteiger partial charge in [0, 0.05) is 23.6 Å². The predicted octanol–water partition coefficient (Wildman–Crippen LogP) is 4.25. The van der Waals surface area contributed by atoms with E-state index in [-0.39, 0.29) is 0 Å². The van der Waals surface area contributed by atoms with Crippen molar-refractivity contribution in [3.63, 3.8) is 0 Å². The maximum Gasteiger partial charge on any atom is 0.0385 e. The summed E-state index contributed by atoms with van der Waals surface area (Å²) in [5.74, 6) is 0.909. The molecule has 2 nitrogen and oxygen atoms in total. The van der Waals surface area contributed by atoms with Gasteiger partial charge in [0.1, 0.15) is 0 Å². The summed E-state index contributed by atoms with van der Waals surface area (Å²) in [5, 5.41) is 6.85. The lowest BCUT2D eigenvalue weighted by atomic mass is 10.2. The number of hydrogen-bond donors (Lipinski definition) is 2. The summed E-state index contributed by atoms with van der Waals surface area (Å²) < 4.78 is 0. The Hall–Kier alpha value is -1.96. The molecule has 0 saturated heterocycles. The molecule has 0 atom stereocenters. The van der Waals surface area contributed by atoms with Crippen LogP contribution in [0.5, 0.6) is 0 Å². The minimum Gasteiger partial charge on any atom is -0.385 e. The van der Waals surface area contributed by atoms with E-state index in [1.54, 1.807) is 0 Å². The fourth-order valence-corrected chi connectivity index (χ4v) is 1.94. The van der Waals surface area contributed by atoms with Crippen LogP contribution in [0.4, 0.5) is 17.1 Å². The molecular weight excluding hydrogens is 220 g/mol. The van der Waals surface area contributed by atoms with Crippen molar-refractivity contribution in [1.82, 2.24) is 0 Å². The topological polar surface area (TPSA) is 24.1 Å². The second kappa shape index (κ2) is 5.13. The molecule has 0 aromatic heterocycles. The van der Waals surface area contributed by atoms with Crippen LogP contribution in [0.2, 0.25) is 0 Å². The number of benzene rings is 2. The molecule has 0 radical (unpaired) electrons. The van der Waals surface area contributed by atoms with Crippen molar-refractivity contribution < 1.29 is 0 Å². The predicted molar refractivity (Wildman–Crippen MR) is 77.4 cm³/mol. The number of nitrogens with one attached hydrogen (secondary N) is 2. The van der Waals surface area contributed by atoms with Crippen molar-refractivity contribution in [3.8, 4) is 0 Å². The quantitative estimate of drug-likeness (QED) is 0.813. The van der Waals surface area contributed by atoms with Gasteiger partial charge in [-0.3, -0.25) is 0 Å². The lowest BCUT2D eigenvalue weighted by Gasteiger charge is -2.08. The second-order valence-corrected chi connectivity index (χ2v) is 4.89. The van der Waals surface area contributed by atoms with Crippen molar-refractivity contribution in [2.75, 3.05) is 17.2 Å². The van der Waals surface area contributed by atoms with Gasteiger partial charge >= 0.3 is 0 Å². The molecular formula is C16H18N2. The Labute approximate surface area is 108 Å². The highest BCUT2D eigenvalue weighted by Gasteiger charge is 2.20. The van der Waals surface area contributed by atoms with Crippen LogP contribution in [-0.2, 0) is 0 Å². The smallest absolute Gasteiger partial charge is 0.0385 e. The SMILES string of the molecule is c1ccc(Nc2ccc(NCC3CC3)cc2)cc1. The van der Waals surface area contributed by atoms with Crippen LogP contribution in [0.15, 0.2) is 54.6 Å². The van der Waals surface area contributed by atoms with E-state index in [4.69, 9.17) is 0 Å². The molecule has 3 rings (SSSR count). The summed E-state index contributed by atoms with van der Waals surface area (Å²) in [6, 6.07) is 18.7. The number of para-hydroxylation sites is 1. The molecule has 2 N–H and O–H groups in total.